The van der Waals surface area contributed by atoms with Gasteiger partial charge in [-0.25, -0.2) is 14.8 Å². The first-order valence-electron chi connectivity index (χ1n) is 11.3. The number of rotatable bonds is 5. The molecule has 3 heterocycles. The van der Waals surface area contributed by atoms with E-state index in [9.17, 15) is 23.1 Å². The number of hydrogen-bond acceptors (Lipinski definition) is 8. The topological polar surface area (TPSA) is 129 Å². The molecular formula is C22H28F3N5O4S. The zero-order chi connectivity index (χ0) is 25.6. The summed E-state index contributed by atoms with van der Waals surface area (Å²) < 4.78 is 31.7. The van der Waals surface area contributed by atoms with E-state index in [2.05, 4.69) is 25.2 Å². The van der Waals surface area contributed by atoms with Gasteiger partial charge < -0.3 is 20.4 Å². The van der Waals surface area contributed by atoms with Crippen molar-refractivity contribution in [2.45, 2.75) is 51.6 Å². The SMILES string of the molecule is Cc1cc(Nc2nccs2)nc(N2C[C@@H](C(=O)O)C[C@@H](C3CCCCC3)C2)n1.O=C(O)C(F)(F)F. The molecule has 0 aromatic carbocycles. The van der Waals surface area contributed by atoms with Gasteiger partial charge in [-0.05, 0) is 25.2 Å². The zero-order valence-electron chi connectivity index (χ0n) is 19.2. The van der Waals surface area contributed by atoms with Crippen LogP contribution in [0.1, 0.15) is 44.2 Å². The van der Waals surface area contributed by atoms with Crippen LogP contribution in [0.25, 0.3) is 0 Å². The van der Waals surface area contributed by atoms with Gasteiger partial charge in [0.2, 0.25) is 5.95 Å². The number of alkyl halides is 3. The summed E-state index contributed by atoms with van der Waals surface area (Å²) in [6.07, 6.45) is 3.71. The minimum absolute atomic E-state index is 0.361. The second kappa shape index (κ2) is 11.6. The Morgan fingerprint density at radius 1 is 1.11 bits per heavy atom. The number of carbonyl (C=O) groups is 2. The third-order valence-electron chi connectivity index (χ3n) is 6.18. The predicted molar refractivity (Wildman–Crippen MR) is 124 cm³/mol. The van der Waals surface area contributed by atoms with Gasteiger partial charge in [-0.2, -0.15) is 18.2 Å². The highest BCUT2D eigenvalue weighted by Crippen LogP contribution is 2.37. The Morgan fingerprint density at radius 3 is 2.37 bits per heavy atom. The maximum atomic E-state index is 11.8. The number of anilines is 3. The van der Waals surface area contributed by atoms with Gasteiger partial charge >= 0.3 is 18.1 Å². The fourth-order valence-electron chi connectivity index (χ4n) is 4.58. The number of nitrogens with zero attached hydrogens (tertiary/aromatic N) is 4. The molecule has 1 saturated carbocycles. The van der Waals surface area contributed by atoms with Crippen LogP contribution < -0.4 is 10.2 Å². The molecule has 4 rings (SSSR count). The summed E-state index contributed by atoms with van der Waals surface area (Å²) in [5.74, 6) is -1.49. The van der Waals surface area contributed by atoms with Gasteiger partial charge in [0.15, 0.2) is 5.13 Å². The minimum Gasteiger partial charge on any atom is -0.481 e. The zero-order valence-corrected chi connectivity index (χ0v) is 20.0. The van der Waals surface area contributed by atoms with Crippen molar-refractivity contribution in [2.75, 3.05) is 23.3 Å². The highest BCUT2D eigenvalue weighted by atomic mass is 32.1. The third-order valence-corrected chi connectivity index (χ3v) is 6.87. The molecule has 1 aliphatic carbocycles. The molecule has 9 nitrogen and oxygen atoms in total. The fraction of sp³-hybridized carbons (Fsp3) is 0.591. The molecule has 1 aliphatic heterocycles. The number of carboxylic acids is 2. The van der Waals surface area contributed by atoms with Gasteiger partial charge in [0, 0.05) is 36.4 Å². The average Bonchev–Trinajstić information content (AvgIpc) is 3.32. The van der Waals surface area contributed by atoms with Gasteiger partial charge in [0.05, 0.1) is 5.92 Å². The Bertz CT molecular complexity index is 999. The molecule has 2 aromatic heterocycles. The Kier molecular flexibility index (Phi) is 8.87. The lowest BCUT2D eigenvalue weighted by Gasteiger charge is -2.41. The summed E-state index contributed by atoms with van der Waals surface area (Å²) in [5.41, 5.74) is 0.857. The number of thiazole rings is 1. The summed E-state index contributed by atoms with van der Waals surface area (Å²) in [5, 5.41) is 22.8. The van der Waals surface area contributed by atoms with Crippen LogP contribution in [0.5, 0.6) is 0 Å². The molecule has 3 N–H and O–H groups in total. The van der Waals surface area contributed by atoms with Crippen LogP contribution in [0.2, 0.25) is 0 Å². The first-order valence-corrected chi connectivity index (χ1v) is 12.2. The fourth-order valence-corrected chi connectivity index (χ4v) is 5.12. The lowest BCUT2D eigenvalue weighted by Crippen LogP contribution is -2.46. The van der Waals surface area contributed by atoms with Crippen molar-refractivity contribution in [1.29, 1.82) is 0 Å². The summed E-state index contributed by atoms with van der Waals surface area (Å²) in [6.45, 7) is 3.25. The lowest BCUT2D eigenvalue weighted by atomic mass is 9.74. The Labute approximate surface area is 204 Å². The molecule has 0 unspecified atom stereocenters. The van der Waals surface area contributed by atoms with Crippen LogP contribution in [-0.2, 0) is 9.59 Å². The van der Waals surface area contributed by atoms with E-state index in [0.29, 0.717) is 30.1 Å². The van der Waals surface area contributed by atoms with Gasteiger partial charge in [0.25, 0.3) is 0 Å². The van der Waals surface area contributed by atoms with E-state index >= 15 is 0 Å². The number of hydrogen-bond donors (Lipinski definition) is 3. The summed E-state index contributed by atoms with van der Waals surface area (Å²) in [4.78, 5) is 36.4. The number of aromatic nitrogens is 3. The van der Waals surface area contributed by atoms with E-state index in [1.165, 1.54) is 43.4 Å². The van der Waals surface area contributed by atoms with E-state index in [1.807, 2.05) is 18.4 Å². The van der Waals surface area contributed by atoms with Crippen LogP contribution in [0.15, 0.2) is 17.6 Å². The molecule has 0 radical (unpaired) electrons. The van der Waals surface area contributed by atoms with E-state index in [4.69, 9.17) is 9.90 Å². The van der Waals surface area contributed by atoms with Gasteiger partial charge in [0.1, 0.15) is 5.82 Å². The smallest absolute Gasteiger partial charge is 0.481 e. The van der Waals surface area contributed by atoms with Crippen molar-refractivity contribution >= 4 is 40.2 Å². The van der Waals surface area contributed by atoms with Crippen molar-refractivity contribution in [3.63, 3.8) is 0 Å². The van der Waals surface area contributed by atoms with E-state index in [-0.39, 0.29) is 5.92 Å². The lowest BCUT2D eigenvalue weighted by molar-refractivity contribution is -0.192. The number of halogens is 3. The molecule has 0 bridgehead atoms. The second-order valence-corrected chi connectivity index (χ2v) is 9.69. The van der Waals surface area contributed by atoms with E-state index < -0.39 is 18.1 Å². The standard InChI is InChI=1S/C20H27N5O2S.C2HF3O2/c1-13-9-17(24-20-21-7-8-28-20)23-19(22-13)25-11-15(10-16(12-25)18(26)27)14-5-3-2-4-6-14;3-2(4,5)1(6)7/h7-9,14-16H,2-6,10-12H2,1H3,(H,26,27)(H,21,22,23,24);(H,6,7)/t15-,16+;/m1./s1. The van der Waals surface area contributed by atoms with Crippen molar-refractivity contribution in [2.24, 2.45) is 17.8 Å². The normalized spacial score (nSPS) is 21.1. The van der Waals surface area contributed by atoms with Crippen LogP contribution in [0, 0.1) is 24.7 Å². The van der Waals surface area contributed by atoms with Crippen molar-refractivity contribution in [3.8, 4) is 0 Å². The third kappa shape index (κ3) is 7.77. The maximum Gasteiger partial charge on any atom is 0.490 e. The quantitative estimate of drug-likeness (QED) is 0.518. The molecule has 2 aliphatic rings. The summed E-state index contributed by atoms with van der Waals surface area (Å²) >= 11 is 1.51. The largest absolute Gasteiger partial charge is 0.490 e. The highest BCUT2D eigenvalue weighted by Gasteiger charge is 2.38. The Hall–Kier alpha value is -2.96. The molecule has 0 spiro atoms. The van der Waals surface area contributed by atoms with Gasteiger partial charge in [-0.15, -0.1) is 11.3 Å². The van der Waals surface area contributed by atoms with Crippen LogP contribution >= 0.6 is 11.3 Å². The minimum atomic E-state index is -5.08. The van der Waals surface area contributed by atoms with Crippen LogP contribution in [0.3, 0.4) is 0 Å². The predicted octanol–water partition coefficient (Wildman–Crippen LogP) is 4.73. The summed E-state index contributed by atoms with van der Waals surface area (Å²) in [6, 6.07) is 1.89. The van der Waals surface area contributed by atoms with Crippen molar-refractivity contribution in [3.05, 3.63) is 23.3 Å². The van der Waals surface area contributed by atoms with Crippen LogP contribution in [-0.4, -0.2) is 56.4 Å². The number of carboxylic acid groups (broad SMARTS) is 2. The Morgan fingerprint density at radius 2 is 1.80 bits per heavy atom. The molecule has 13 heteroatoms. The number of aryl methyl sites for hydroxylation is 1. The monoisotopic (exact) mass is 515 g/mol. The van der Waals surface area contributed by atoms with E-state index in [1.54, 1.807) is 6.20 Å². The molecule has 192 valence electrons. The van der Waals surface area contributed by atoms with Crippen molar-refractivity contribution in [1.82, 2.24) is 15.0 Å². The van der Waals surface area contributed by atoms with Gasteiger partial charge in [-0.1, -0.05) is 32.1 Å². The highest BCUT2D eigenvalue weighted by molar-refractivity contribution is 7.13. The van der Waals surface area contributed by atoms with Gasteiger partial charge in [-0.3, -0.25) is 4.79 Å². The first kappa shape index (κ1) is 26.6. The molecule has 0 amide bonds. The number of aliphatic carboxylic acids is 2. The van der Waals surface area contributed by atoms with Crippen LogP contribution in [0.4, 0.5) is 30.1 Å². The molecule has 2 atom stereocenters. The molecular weight excluding hydrogens is 487 g/mol. The average molecular weight is 516 g/mol. The molecule has 35 heavy (non-hydrogen) atoms. The number of piperidine rings is 1. The summed E-state index contributed by atoms with van der Waals surface area (Å²) in [7, 11) is 0. The first-order chi connectivity index (χ1) is 16.5. The molecule has 2 aromatic rings. The van der Waals surface area contributed by atoms with E-state index in [0.717, 1.165) is 23.8 Å². The van der Waals surface area contributed by atoms with Crippen molar-refractivity contribution < 1.29 is 33.0 Å². The second-order valence-electron chi connectivity index (χ2n) is 8.79. The maximum absolute atomic E-state index is 11.8. The molecule has 1 saturated heterocycles. The molecule has 2 fully saturated rings. The Balaban J connectivity index is 0.000000429. The number of nitrogens with one attached hydrogen (secondary N) is 1.